The van der Waals surface area contributed by atoms with Crippen molar-refractivity contribution < 1.29 is 17.6 Å². The van der Waals surface area contributed by atoms with Gasteiger partial charge < -0.3 is 4.42 Å². The number of aromatic nitrogens is 2. The van der Waals surface area contributed by atoms with E-state index in [1.165, 1.54) is 12.1 Å². The Labute approximate surface area is 149 Å². The Hall–Kier alpha value is -2.67. The standard InChI is InChI=1S/C19H18F3N3O/c1-13-6-5-8-14(10-13)18-24-23-17(26-18)12-25(2)11-15-7-3-4-9-16(15)19(20,21)22/h3-10H,11-12H2,1-2H3. The maximum atomic E-state index is 13.1. The second-order valence-corrected chi connectivity index (χ2v) is 6.20. The molecule has 0 saturated carbocycles. The van der Waals surface area contributed by atoms with Crippen LogP contribution in [0.5, 0.6) is 0 Å². The van der Waals surface area contributed by atoms with Crippen molar-refractivity contribution in [3.8, 4) is 11.5 Å². The van der Waals surface area contributed by atoms with E-state index >= 15 is 0 Å². The summed E-state index contributed by atoms with van der Waals surface area (Å²) in [4.78, 5) is 1.71. The average Bonchev–Trinajstić information content (AvgIpc) is 3.02. The molecule has 3 aromatic rings. The molecule has 4 nitrogen and oxygen atoms in total. The van der Waals surface area contributed by atoms with E-state index in [0.717, 1.165) is 17.2 Å². The highest BCUT2D eigenvalue weighted by molar-refractivity contribution is 5.53. The molecule has 0 saturated heterocycles. The zero-order valence-electron chi connectivity index (χ0n) is 14.4. The second kappa shape index (κ2) is 7.29. The lowest BCUT2D eigenvalue weighted by molar-refractivity contribution is -0.138. The monoisotopic (exact) mass is 361 g/mol. The van der Waals surface area contributed by atoms with Crippen LogP contribution < -0.4 is 0 Å². The van der Waals surface area contributed by atoms with E-state index in [1.807, 2.05) is 31.2 Å². The second-order valence-electron chi connectivity index (χ2n) is 6.20. The molecule has 3 rings (SSSR count). The predicted octanol–water partition coefficient (Wildman–Crippen LogP) is 4.70. The molecule has 2 aromatic carbocycles. The maximum absolute atomic E-state index is 13.1. The number of aryl methyl sites for hydroxylation is 1. The molecule has 7 heteroatoms. The lowest BCUT2D eigenvalue weighted by Gasteiger charge is -2.18. The summed E-state index contributed by atoms with van der Waals surface area (Å²) in [6, 6.07) is 13.2. The van der Waals surface area contributed by atoms with E-state index in [0.29, 0.717) is 11.8 Å². The Bertz CT molecular complexity index is 889. The molecule has 0 aliphatic rings. The van der Waals surface area contributed by atoms with E-state index < -0.39 is 11.7 Å². The number of rotatable bonds is 5. The molecule has 0 fully saturated rings. The first-order chi connectivity index (χ1) is 12.3. The fourth-order valence-electron chi connectivity index (χ4n) is 2.72. The minimum atomic E-state index is -4.37. The summed E-state index contributed by atoms with van der Waals surface area (Å²) in [5.74, 6) is 0.751. The highest BCUT2D eigenvalue weighted by Gasteiger charge is 2.33. The van der Waals surface area contributed by atoms with Gasteiger partial charge in [-0.3, -0.25) is 4.90 Å². The van der Waals surface area contributed by atoms with Crippen molar-refractivity contribution in [1.29, 1.82) is 0 Å². The molecule has 0 unspecified atom stereocenters. The first-order valence-electron chi connectivity index (χ1n) is 8.06. The Morgan fingerprint density at radius 1 is 1.00 bits per heavy atom. The summed E-state index contributed by atoms with van der Waals surface area (Å²) in [5.41, 5.74) is 1.47. The highest BCUT2D eigenvalue weighted by atomic mass is 19.4. The summed E-state index contributed by atoms with van der Waals surface area (Å²) in [6.07, 6.45) is -4.37. The van der Waals surface area contributed by atoms with Crippen LogP contribution in [0.25, 0.3) is 11.5 Å². The third-order valence-electron chi connectivity index (χ3n) is 3.90. The Kier molecular flexibility index (Phi) is 5.08. The van der Waals surface area contributed by atoms with Crippen LogP contribution in [0.4, 0.5) is 13.2 Å². The van der Waals surface area contributed by atoms with E-state index in [-0.39, 0.29) is 18.7 Å². The smallest absolute Gasteiger partial charge is 0.416 e. The van der Waals surface area contributed by atoms with Crippen LogP contribution in [0.3, 0.4) is 0 Å². The largest absolute Gasteiger partial charge is 0.419 e. The molecule has 0 aliphatic heterocycles. The molecule has 0 N–H and O–H groups in total. The zero-order chi connectivity index (χ0) is 18.7. The van der Waals surface area contributed by atoms with Gasteiger partial charge in [-0.1, -0.05) is 35.9 Å². The maximum Gasteiger partial charge on any atom is 0.416 e. The van der Waals surface area contributed by atoms with Crippen LogP contribution in [-0.2, 0) is 19.3 Å². The number of alkyl halides is 3. The molecule has 0 aliphatic carbocycles. The van der Waals surface area contributed by atoms with Gasteiger partial charge in [-0.15, -0.1) is 10.2 Å². The van der Waals surface area contributed by atoms with Crippen molar-refractivity contribution in [3.63, 3.8) is 0 Å². The lowest BCUT2D eigenvalue weighted by Crippen LogP contribution is -2.20. The molecule has 0 radical (unpaired) electrons. The minimum absolute atomic E-state index is 0.123. The fraction of sp³-hybridized carbons (Fsp3) is 0.263. The topological polar surface area (TPSA) is 42.2 Å². The number of nitrogens with zero attached hydrogens (tertiary/aromatic N) is 3. The van der Waals surface area contributed by atoms with Gasteiger partial charge in [0.2, 0.25) is 11.8 Å². The Morgan fingerprint density at radius 3 is 2.50 bits per heavy atom. The van der Waals surface area contributed by atoms with Gasteiger partial charge in [0.05, 0.1) is 12.1 Å². The molecule has 0 bridgehead atoms. The van der Waals surface area contributed by atoms with Crippen molar-refractivity contribution >= 4 is 0 Å². The predicted molar refractivity (Wildman–Crippen MR) is 91.1 cm³/mol. The van der Waals surface area contributed by atoms with Crippen LogP contribution >= 0.6 is 0 Å². The molecule has 0 amide bonds. The van der Waals surface area contributed by atoms with Crippen LogP contribution in [0.1, 0.15) is 22.6 Å². The summed E-state index contributed by atoms with van der Waals surface area (Å²) >= 11 is 0. The quantitative estimate of drug-likeness (QED) is 0.661. The number of hydrogen-bond donors (Lipinski definition) is 0. The van der Waals surface area contributed by atoms with Gasteiger partial charge >= 0.3 is 6.18 Å². The summed E-state index contributed by atoms with van der Waals surface area (Å²) in [6.45, 7) is 2.34. The van der Waals surface area contributed by atoms with Gasteiger partial charge in [-0.05, 0) is 37.7 Å². The van der Waals surface area contributed by atoms with E-state index in [2.05, 4.69) is 10.2 Å². The molecule has 0 atom stereocenters. The number of halogens is 3. The molecule has 1 aromatic heterocycles. The van der Waals surface area contributed by atoms with Gasteiger partial charge in [0.1, 0.15) is 0 Å². The summed E-state index contributed by atoms with van der Waals surface area (Å²) in [7, 11) is 1.71. The van der Waals surface area contributed by atoms with Gasteiger partial charge in [-0.25, -0.2) is 0 Å². The van der Waals surface area contributed by atoms with Crippen molar-refractivity contribution in [2.75, 3.05) is 7.05 Å². The summed E-state index contributed by atoms with van der Waals surface area (Å²) in [5, 5.41) is 8.02. The van der Waals surface area contributed by atoms with Crippen molar-refractivity contribution in [3.05, 3.63) is 71.1 Å². The first kappa shape index (κ1) is 18.1. The SMILES string of the molecule is Cc1cccc(-c2nnc(CN(C)Cc3ccccc3C(F)(F)F)o2)c1. The van der Waals surface area contributed by atoms with Crippen LogP contribution in [0.15, 0.2) is 52.9 Å². The van der Waals surface area contributed by atoms with E-state index in [9.17, 15) is 13.2 Å². The molecular formula is C19H18F3N3O. The number of benzene rings is 2. The minimum Gasteiger partial charge on any atom is -0.419 e. The molecule has 1 heterocycles. The van der Waals surface area contributed by atoms with Crippen LogP contribution in [0, 0.1) is 6.92 Å². The zero-order valence-corrected chi connectivity index (χ0v) is 14.4. The Balaban J connectivity index is 1.71. The van der Waals surface area contributed by atoms with Gasteiger partial charge in [-0.2, -0.15) is 13.2 Å². The molecule has 0 spiro atoms. The first-order valence-corrected chi connectivity index (χ1v) is 8.06. The van der Waals surface area contributed by atoms with Crippen LogP contribution in [-0.4, -0.2) is 22.1 Å². The third-order valence-corrected chi connectivity index (χ3v) is 3.90. The van der Waals surface area contributed by atoms with Crippen molar-refractivity contribution in [1.82, 2.24) is 15.1 Å². The van der Waals surface area contributed by atoms with Gasteiger partial charge in [0.25, 0.3) is 0 Å². The van der Waals surface area contributed by atoms with E-state index in [1.54, 1.807) is 18.0 Å². The molecule has 26 heavy (non-hydrogen) atoms. The van der Waals surface area contributed by atoms with Gasteiger partial charge in [0.15, 0.2) is 0 Å². The molecular weight excluding hydrogens is 343 g/mol. The average molecular weight is 361 g/mol. The van der Waals surface area contributed by atoms with E-state index in [4.69, 9.17) is 4.42 Å². The normalized spacial score (nSPS) is 11.9. The van der Waals surface area contributed by atoms with Gasteiger partial charge in [0, 0.05) is 12.1 Å². The summed E-state index contributed by atoms with van der Waals surface area (Å²) < 4.78 is 44.9. The van der Waals surface area contributed by atoms with Crippen molar-refractivity contribution in [2.24, 2.45) is 0 Å². The number of hydrogen-bond acceptors (Lipinski definition) is 4. The third kappa shape index (κ3) is 4.29. The fourth-order valence-corrected chi connectivity index (χ4v) is 2.72. The van der Waals surface area contributed by atoms with Crippen LogP contribution in [0.2, 0.25) is 0 Å². The lowest BCUT2D eigenvalue weighted by atomic mass is 10.1. The Morgan fingerprint density at radius 2 is 1.77 bits per heavy atom. The molecule has 136 valence electrons. The highest BCUT2D eigenvalue weighted by Crippen LogP contribution is 2.32. The van der Waals surface area contributed by atoms with Crippen molar-refractivity contribution in [2.45, 2.75) is 26.2 Å².